The van der Waals surface area contributed by atoms with Crippen molar-refractivity contribution >= 4 is 195 Å². The first-order valence-electron chi connectivity index (χ1n) is 45.5. The van der Waals surface area contributed by atoms with Crippen LogP contribution in [0.3, 0.4) is 0 Å². The second-order valence-corrected chi connectivity index (χ2v) is 39.2. The van der Waals surface area contributed by atoms with Gasteiger partial charge in [0.1, 0.15) is 34.4 Å². The van der Waals surface area contributed by atoms with Crippen LogP contribution in [0.2, 0.25) is 0 Å². The van der Waals surface area contributed by atoms with Crippen molar-refractivity contribution < 1.29 is 19.1 Å². The Labute approximate surface area is 861 Å². The van der Waals surface area contributed by atoms with Crippen LogP contribution in [0.5, 0.6) is 0 Å². The molecule has 1 aliphatic heterocycles. The van der Waals surface area contributed by atoms with Gasteiger partial charge in [-0.1, -0.05) is 13.8 Å². The summed E-state index contributed by atoms with van der Waals surface area (Å²) in [7, 11) is 3.77. The number of rotatable bonds is 24. The van der Waals surface area contributed by atoms with Crippen molar-refractivity contribution in [2.45, 2.75) is 80.1 Å². The van der Waals surface area contributed by atoms with Crippen molar-refractivity contribution in [3.8, 4) is 67.5 Å². The number of nitrogens with one attached hydrogen (secondary N) is 11. The van der Waals surface area contributed by atoms with Crippen molar-refractivity contribution in [3.63, 3.8) is 0 Å². The first kappa shape index (κ1) is 96.6. The molecule has 24 aromatic rings. The number of hydrogen-bond donors (Lipinski definition) is 11. The predicted octanol–water partition coefficient (Wildman–Crippen LogP) is 19.1. The number of carbonyl (C=O) groups is 2. The lowest BCUT2D eigenvalue weighted by Gasteiger charge is -2.22. The molecule has 1 aliphatic rings. The summed E-state index contributed by atoms with van der Waals surface area (Å²) in [4.78, 5) is 80.0. The Balaban J connectivity index is 0.000000107. The number of imidazole rings is 6. The molecule has 0 spiro atoms. The van der Waals surface area contributed by atoms with E-state index in [1.165, 1.54) is 68.8 Å². The summed E-state index contributed by atoms with van der Waals surface area (Å²) in [6.45, 7) is 18.2. The van der Waals surface area contributed by atoms with Gasteiger partial charge in [-0.05, 0) is 189 Å². The van der Waals surface area contributed by atoms with Gasteiger partial charge in [0.15, 0.2) is 68.8 Å². The van der Waals surface area contributed by atoms with Crippen LogP contribution >= 0.6 is 84.7 Å². The summed E-state index contributed by atoms with van der Waals surface area (Å²) >= 11 is 11.8. The molecule has 0 aliphatic carbocycles. The minimum Gasteiger partial charge on any atom is -0.462 e. The zero-order valence-electron chi connectivity index (χ0n) is 79.5. The molecule has 52 heteroatoms. The van der Waals surface area contributed by atoms with Gasteiger partial charge in [-0.25, -0.2) is 69.4 Å². The number of aromatic amines is 4. The van der Waals surface area contributed by atoms with Gasteiger partial charge in [0.25, 0.3) is 0 Å². The Morgan fingerprint density at radius 2 is 0.774 bits per heavy atom. The van der Waals surface area contributed by atoms with Crippen molar-refractivity contribution in [3.05, 3.63) is 264 Å². The number of carbonyl (C=O) groups excluding carboxylic acids is 2. The Morgan fingerprint density at radius 1 is 0.404 bits per heavy atom. The molecule has 0 saturated carbocycles. The average Bonchev–Trinajstić information content (AvgIpc) is 1.64. The first-order valence-corrected chi connectivity index (χ1v) is 51.0. The Hall–Kier alpha value is -16.9. The summed E-state index contributed by atoms with van der Waals surface area (Å²) in [5.41, 5.74) is 21.9. The van der Waals surface area contributed by atoms with E-state index in [4.69, 9.17) is 9.47 Å². The molecule has 1 fully saturated rings. The van der Waals surface area contributed by atoms with E-state index < -0.39 is 0 Å². The highest BCUT2D eigenvalue weighted by molar-refractivity contribution is 9.10. The molecule has 0 aromatic carbocycles. The van der Waals surface area contributed by atoms with Crippen LogP contribution in [-0.4, -0.2) is 202 Å². The molecule has 0 radical (unpaired) electrons. The number of H-pyrrole nitrogens is 4. The van der Waals surface area contributed by atoms with Crippen LogP contribution in [0, 0.1) is 27.7 Å². The molecule has 0 bridgehead atoms. The van der Waals surface area contributed by atoms with E-state index in [2.05, 4.69) is 201 Å². The van der Waals surface area contributed by atoms with Crippen LogP contribution < -0.4 is 37.2 Å². The number of fused-ring (bicyclic) bond motifs is 6. The summed E-state index contributed by atoms with van der Waals surface area (Å²) in [6, 6.07) is 11.9. The molecule has 146 heavy (non-hydrogen) atoms. The molecule has 24 aromatic heterocycles. The van der Waals surface area contributed by atoms with Gasteiger partial charge in [-0.3, -0.25) is 56.2 Å². The number of aryl methyl sites for hydroxylation is 6. The molecule has 25 heterocycles. The van der Waals surface area contributed by atoms with E-state index in [9.17, 15) is 9.59 Å². The Morgan fingerprint density at radius 3 is 1.15 bits per heavy atom. The number of aromatic nitrogens is 34. The third-order valence-corrected chi connectivity index (χ3v) is 28.1. The SMILES string of the molecule is CCOC(=O)c1sc(Nc2nccn3c(-c4cnn(C)c4)cnc23)cc1C(C)C.CCOC(=O)c1sc(Nc2nccn3c(-c4cnn(C)c4)cnc23)cc1C1CCNCC1.Cc1cc(Nc2nc(Br)cn3c(-c4cn[nH]c4)cnc23)sn1.Cc1cc(Nc2nc(C)cn3c(-c4cn[nH]c4)cnc23)sn1.Cc1cc(Nc2nccn3c(-c4cn[nH]c4)cnc23)sn1.c1cc(Nc2nccn3c(-c4cn[nH]c4)cnc23)sn1. The molecule has 11 N–H and O–H groups in total. The monoisotopic (exact) mass is 2130 g/mol. The largest absolute Gasteiger partial charge is 0.462 e. The Bertz CT molecular complexity index is 8420. The van der Waals surface area contributed by atoms with Crippen LogP contribution in [0.1, 0.15) is 106 Å². The number of esters is 2. The van der Waals surface area contributed by atoms with Crippen LogP contribution in [0.25, 0.3) is 101 Å². The second-order valence-electron chi connectivity index (χ2n) is 33.1. The van der Waals surface area contributed by atoms with Gasteiger partial charge >= 0.3 is 11.9 Å². The highest BCUT2D eigenvalue weighted by Gasteiger charge is 2.29. The third kappa shape index (κ3) is 21.4. The first-order chi connectivity index (χ1) is 71.2. The molecular formula is C94H90BrN41O4S6. The van der Waals surface area contributed by atoms with Gasteiger partial charge in [-0.15, -0.1) is 22.7 Å². The lowest BCUT2D eigenvalue weighted by molar-refractivity contribution is 0.0520. The second kappa shape index (κ2) is 43.5. The summed E-state index contributed by atoms with van der Waals surface area (Å²) in [5.74, 6) is 4.05. The molecule has 25 rings (SSSR count). The number of ether oxygens (including phenoxy) is 2. The minimum absolute atomic E-state index is 0.202. The van der Waals surface area contributed by atoms with Crippen molar-refractivity contribution in [1.82, 2.24) is 169 Å². The normalized spacial score (nSPS) is 11.9. The van der Waals surface area contributed by atoms with E-state index >= 15 is 0 Å². The van der Waals surface area contributed by atoms with Gasteiger partial charge < -0.3 is 46.7 Å². The van der Waals surface area contributed by atoms with Crippen molar-refractivity contribution in [1.29, 1.82) is 0 Å². The lowest BCUT2D eigenvalue weighted by atomic mass is 9.90. The predicted molar refractivity (Wildman–Crippen MR) is 567 cm³/mol. The van der Waals surface area contributed by atoms with Crippen molar-refractivity contribution in [2.75, 3.05) is 58.2 Å². The minimum atomic E-state index is -0.292. The molecule has 1 saturated heterocycles. The van der Waals surface area contributed by atoms with Crippen LogP contribution in [-0.2, 0) is 23.6 Å². The topological polar surface area (TPSA) is 520 Å². The number of piperidine rings is 1. The Kier molecular flexibility index (Phi) is 28.8. The number of nitrogens with zero attached hydrogens (tertiary/aromatic N) is 30. The fraction of sp³-hybridized carbons (Fsp3) is 0.191. The van der Waals surface area contributed by atoms with E-state index in [0.29, 0.717) is 73.9 Å². The zero-order chi connectivity index (χ0) is 100. The standard InChI is InChI=1S/C22H25N7O2S.C20H22N6O2S.C14H13N7S.C13H10BrN7S.C13H11N7S.C12H9N7S/c1-3-31-22(30)19-16(14-4-6-23-7-5-14)10-18(32-19)27-20-21-25-12-17(29(21)9-8-24-20)15-11-26-28(2)13-15;1-5-28-20(27)17-14(12(2)3)8-16(29-17)24-18-19-22-10-15(26(19)7-6-21-18)13-9-23-25(4)11-13;1-8-3-12(22-20-8)19-13-14-15-6-11(10-4-16-17-5-10)21(14)7-9(2)18-13;1-7-2-11(22-20-7)19-12-13-15-5-9(8-3-16-17-4-8)21(13)6-10(14)18-12;1-8-4-11(21-19-8)18-12-13-15-7-10(9-5-16-17-6-9)20(13)3-2-14-12;1-2-17-20-10(1)18-11-12-14-7-9(8-5-15-16-6-8)19(12)4-3-13-11/h8-14,23H,3-7H2,1-2H3,(H,24,27);6-12H,5H2,1-4H3,(H,21,24);3-7H,1-2H3,(H,16,17)(H,18,19);2-6H,1H3,(H,16,17)(H,18,19);2-7H,1H3,(H,14,18)(H,16,17);1-7H,(H,13,18)(H,15,16). The maximum Gasteiger partial charge on any atom is 0.348 e. The van der Waals surface area contributed by atoms with Gasteiger partial charge in [0.2, 0.25) is 0 Å². The zero-order valence-corrected chi connectivity index (χ0v) is 86.0. The van der Waals surface area contributed by atoms with E-state index in [0.717, 1.165) is 186 Å². The fourth-order valence-electron chi connectivity index (χ4n) is 16.0. The summed E-state index contributed by atoms with van der Waals surface area (Å²) in [5, 5.41) is 64.3. The highest BCUT2D eigenvalue weighted by atomic mass is 79.9. The summed E-state index contributed by atoms with van der Waals surface area (Å²) < 4.78 is 43.5. The highest BCUT2D eigenvalue weighted by Crippen LogP contribution is 2.42. The van der Waals surface area contributed by atoms with Crippen LogP contribution in [0.15, 0.2) is 221 Å². The van der Waals surface area contributed by atoms with Gasteiger partial charge in [0.05, 0.1) is 155 Å². The number of hydrogen-bond acceptors (Lipinski definition) is 39. The van der Waals surface area contributed by atoms with E-state index in [1.54, 1.807) is 89.9 Å². The molecule has 0 atom stereocenters. The average molecular weight is 2130 g/mol. The van der Waals surface area contributed by atoms with E-state index in [-0.39, 0.29) is 17.9 Å². The lowest BCUT2D eigenvalue weighted by Crippen LogP contribution is -2.27. The maximum absolute atomic E-state index is 12.7. The molecule has 0 unspecified atom stereocenters. The summed E-state index contributed by atoms with van der Waals surface area (Å²) in [6.07, 6.45) is 54.9. The molecular weight excluding hydrogens is 2040 g/mol. The molecule has 738 valence electrons. The number of thiophene rings is 2. The smallest absolute Gasteiger partial charge is 0.348 e. The number of halogens is 1. The third-order valence-electron chi connectivity index (χ3n) is 22.6. The quantitative estimate of drug-likeness (QED) is 0.0250. The van der Waals surface area contributed by atoms with Gasteiger partial charge in [0, 0.05) is 153 Å². The van der Waals surface area contributed by atoms with E-state index in [1.807, 2.05) is 212 Å². The maximum atomic E-state index is 12.7. The van der Waals surface area contributed by atoms with Crippen LogP contribution in [0.4, 0.5) is 64.9 Å². The molecule has 45 nitrogen and oxygen atoms in total. The molecule has 0 amide bonds. The number of anilines is 12. The fourth-order valence-corrected chi connectivity index (χ4v) is 21.0. The van der Waals surface area contributed by atoms with Crippen molar-refractivity contribution in [2.24, 2.45) is 14.1 Å². The van der Waals surface area contributed by atoms with Gasteiger partial charge in [-0.2, -0.15) is 48.1 Å².